The number of aromatic nitrogens is 2. The zero-order valence-electron chi connectivity index (χ0n) is 23.5. The summed E-state index contributed by atoms with van der Waals surface area (Å²) in [6.45, 7) is 3.60. The maximum Gasteiger partial charge on any atom is 0.305 e. The third kappa shape index (κ3) is 6.98. The number of benzene rings is 2. The Morgan fingerprint density at radius 3 is 2.58 bits per heavy atom. The Balaban J connectivity index is 1.43. The summed E-state index contributed by atoms with van der Waals surface area (Å²) in [7, 11) is -2.69. The Labute approximate surface area is 251 Å². The van der Waals surface area contributed by atoms with Crippen LogP contribution in [-0.4, -0.2) is 55.7 Å². The fourth-order valence-electron chi connectivity index (χ4n) is 5.01. The van der Waals surface area contributed by atoms with Crippen molar-refractivity contribution in [3.05, 3.63) is 63.7 Å². The first-order valence-electron chi connectivity index (χ1n) is 13.7. The molecule has 43 heavy (non-hydrogen) atoms. The van der Waals surface area contributed by atoms with Crippen LogP contribution in [0.4, 0.5) is 26.1 Å². The largest absolute Gasteiger partial charge is 0.490 e. The number of ether oxygens (including phenoxy) is 1. The molecule has 2 fully saturated rings. The minimum Gasteiger partial charge on any atom is -0.490 e. The predicted molar refractivity (Wildman–Crippen MR) is 157 cm³/mol. The van der Waals surface area contributed by atoms with Crippen LogP contribution in [0.3, 0.4) is 0 Å². The first kappa shape index (κ1) is 30.8. The van der Waals surface area contributed by atoms with Gasteiger partial charge in [0, 0.05) is 30.8 Å². The van der Waals surface area contributed by atoms with Crippen molar-refractivity contribution in [2.45, 2.75) is 65.5 Å². The number of hydrogen-bond acceptors (Lipinski definition) is 12. The molecule has 0 radical (unpaired) electrons. The summed E-state index contributed by atoms with van der Waals surface area (Å²) in [5, 5.41) is 14.6. The van der Waals surface area contributed by atoms with Gasteiger partial charge in [-0.25, -0.2) is 28.2 Å². The molecule has 12 nitrogen and oxygen atoms in total. The minimum atomic E-state index is -4.23. The second-order valence-corrected chi connectivity index (χ2v) is 13.3. The molecule has 0 spiro atoms. The highest BCUT2D eigenvalue weighted by atomic mass is 32.2. The van der Waals surface area contributed by atoms with E-state index in [9.17, 15) is 22.9 Å². The van der Waals surface area contributed by atoms with Gasteiger partial charge in [0.05, 0.1) is 33.7 Å². The lowest BCUT2D eigenvalue weighted by Crippen LogP contribution is -2.37. The molecule has 5 rings (SSSR count). The first-order chi connectivity index (χ1) is 20.6. The number of hydrogen-bond donors (Lipinski definition) is 3. The van der Waals surface area contributed by atoms with Gasteiger partial charge in [-0.2, -0.15) is 4.39 Å². The number of sulfone groups is 1. The summed E-state index contributed by atoms with van der Waals surface area (Å²) < 4.78 is 61.6. The number of nitro groups is 1. The Hall–Kier alpha value is -3.60. The van der Waals surface area contributed by atoms with Crippen LogP contribution in [0.15, 0.2) is 51.3 Å². The minimum absolute atomic E-state index is 0.0791. The highest BCUT2D eigenvalue weighted by Crippen LogP contribution is 2.39. The quantitative estimate of drug-likeness (QED) is 0.164. The normalized spacial score (nSPS) is 18.9. The molecule has 2 aliphatic rings. The molecule has 2 saturated heterocycles. The number of methoxy groups -OCH3 is 1. The van der Waals surface area contributed by atoms with E-state index in [1.807, 2.05) is 6.92 Å². The molecule has 0 saturated carbocycles. The van der Waals surface area contributed by atoms with Gasteiger partial charge in [-0.15, -0.1) is 0 Å². The van der Waals surface area contributed by atoms with Crippen LogP contribution in [0.1, 0.15) is 38.2 Å². The average Bonchev–Trinajstić information content (AvgIpc) is 3.39. The Bertz CT molecular complexity index is 1620. The number of hydrazine groups is 1. The van der Waals surface area contributed by atoms with Crippen molar-refractivity contribution in [1.29, 1.82) is 0 Å². The van der Waals surface area contributed by atoms with Crippen molar-refractivity contribution >= 4 is 38.9 Å². The number of rotatable bonds is 10. The van der Waals surface area contributed by atoms with Crippen LogP contribution >= 0.6 is 11.8 Å². The van der Waals surface area contributed by atoms with Crippen molar-refractivity contribution in [3.8, 4) is 5.75 Å². The summed E-state index contributed by atoms with van der Waals surface area (Å²) in [6.07, 6.45) is 3.74. The van der Waals surface area contributed by atoms with Crippen molar-refractivity contribution < 1.29 is 26.9 Å². The number of anilines is 2. The lowest BCUT2D eigenvalue weighted by molar-refractivity contribution is -0.387. The standard InChI is InChI=1S/C27H31F2N7O5S2/c1-16-13-22(34-33-16)30-25-24(41-2)26(35-11-4-3-5-12-35)32-27(31-25)42-21-10-9-18(14-19(21)28)43(39,40)15-17-7-6-8-20(23(17)29)36(37)38/h6-10,14,16,22,33-34H,3-5,11-13,15H2,1-2H3,(H,30,31,32). The Morgan fingerprint density at radius 1 is 1.16 bits per heavy atom. The summed E-state index contributed by atoms with van der Waals surface area (Å²) in [4.78, 5) is 21.2. The molecule has 1 aromatic heterocycles. The van der Waals surface area contributed by atoms with E-state index in [1.165, 1.54) is 18.2 Å². The molecule has 0 bridgehead atoms. The SMILES string of the molecule is COc1c(NC2CC(C)NN2)nc(Sc2ccc(S(=O)(=O)Cc3cccc([N+](=O)[O-])c3F)cc2F)nc1N1CCCCC1. The van der Waals surface area contributed by atoms with Gasteiger partial charge in [0.2, 0.25) is 11.6 Å². The topological polar surface area (TPSA) is 152 Å². The molecular formula is C27H31F2N7O5S2. The van der Waals surface area contributed by atoms with Gasteiger partial charge >= 0.3 is 5.69 Å². The zero-order chi connectivity index (χ0) is 30.7. The van der Waals surface area contributed by atoms with E-state index < -0.39 is 37.8 Å². The summed E-state index contributed by atoms with van der Waals surface area (Å²) in [6, 6.07) is 6.86. The predicted octanol–water partition coefficient (Wildman–Crippen LogP) is 4.41. The van der Waals surface area contributed by atoms with E-state index in [0.717, 1.165) is 68.7 Å². The first-order valence-corrected chi connectivity index (χ1v) is 16.1. The molecule has 230 valence electrons. The second kappa shape index (κ2) is 13.0. The van der Waals surface area contributed by atoms with Crippen LogP contribution in [0.5, 0.6) is 5.75 Å². The van der Waals surface area contributed by atoms with E-state index in [0.29, 0.717) is 17.4 Å². The smallest absolute Gasteiger partial charge is 0.305 e. The lowest BCUT2D eigenvalue weighted by Gasteiger charge is -2.30. The van der Waals surface area contributed by atoms with Gasteiger partial charge in [0.15, 0.2) is 26.6 Å². The van der Waals surface area contributed by atoms with E-state index in [1.54, 1.807) is 7.11 Å². The lowest BCUT2D eigenvalue weighted by atomic mass is 10.1. The van der Waals surface area contributed by atoms with Gasteiger partial charge in [-0.3, -0.25) is 15.5 Å². The number of halogens is 2. The molecule has 2 aromatic carbocycles. The average molecular weight is 636 g/mol. The van der Waals surface area contributed by atoms with Gasteiger partial charge in [-0.05, 0) is 62.6 Å². The fourth-order valence-corrected chi connectivity index (χ4v) is 7.12. The molecule has 2 unspecified atom stereocenters. The molecule has 0 aliphatic carbocycles. The number of piperidine rings is 1. The molecular weight excluding hydrogens is 604 g/mol. The number of nitrogens with one attached hydrogen (secondary N) is 3. The molecule has 3 N–H and O–H groups in total. The third-order valence-electron chi connectivity index (χ3n) is 7.16. The van der Waals surface area contributed by atoms with Crippen molar-refractivity contribution in [2.24, 2.45) is 0 Å². The fraction of sp³-hybridized carbons (Fsp3) is 0.407. The molecule has 2 atom stereocenters. The van der Waals surface area contributed by atoms with Gasteiger partial charge in [-0.1, -0.05) is 12.1 Å². The van der Waals surface area contributed by atoms with Crippen LogP contribution in [0.25, 0.3) is 0 Å². The Kier molecular flexibility index (Phi) is 9.29. The van der Waals surface area contributed by atoms with Crippen molar-refractivity contribution in [2.75, 3.05) is 30.4 Å². The summed E-state index contributed by atoms with van der Waals surface area (Å²) in [5.41, 5.74) is 5.09. The molecule has 0 amide bonds. The maximum absolute atomic E-state index is 15.4. The second-order valence-electron chi connectivity index (χ2n) is 10.3. The Morgan fingerprint density at radius 2 is 1.93 bits per heavy atom. The summed E-state index contributed by atoms with van der Waals surface area (Å²) in [5.74, 6) is -1.46. The van der Waals surface area contributed by atoms with Gasteiger partial charge < -0.3 is 15.0 Å². The third-order valence-corrected chi connectivity index (χ3v) is 9.73. The summed E-state index contributed by atoms with van der Waals surface area (Å²) >= 11 is 0.930. The highest BCUT2D eigenvalue weighted by molar-refractivity contribution is 7.99. The van der Waals surface area contributed by atoms with Crippen LogP contribution < -0.4 is 25.8 Å². The highest BCUT2D eigenvalue weighted by Gasteiger charge is 2.28. The molecule has 16 heteroatoms. The monoisotopic (exact) mass is 635 g/mol. The molecule has 3 aromatic rings. The zero-order valence-corrected chi connectivity index (χ0v) is 25.1. The molecule has 2 aliphatic heterocycles. The molecule has 3 heterocycles. The van der Waals surface area contributed by atoms with Crippen LogP contribution in [-0.2, 0) is 15.6 Å². The van der Waals surface area contributed by atoms with E-state index in [4.69, 9.17) is 9.72 Å². The maximum atomic E-state index is 15.4. The van der Waals surface area contributed by atoms with Crippen LogP contribution in [0, 0.1) is 21.7 Å². The van der Waals surface area contributed by atoms with Crippen molar-refractivity contribution in [3.63, 3.8) is 0 Å². The number of nitro benzene ring substituents is 1. The van der Waals surface area contributed by atoms with Gasteiger partial charge in [0.1, 0.15) is 5.82 Å². The van der Waals surface area contributed by atoms with Crippen LogP contribution in [0.2, 0.25) is 0 Å². The van der Waals surface area contributed by atoms with Crippen molar-refractivity contribution in [1.82, 2.24) is 20.8 Å². The number of nitrogens with zero attached hydrogens (tertiary/aromatic N) is 4. The van der Waals surface area contributed by atoms with E-state index in [2.05, 4.69) is 26.1 Å². The van der Waals surface area contributed by atoms with E-state index in [-0.39, 0.29) is 32.7 Å². The van der Waals surface area contributed by atoms with Gasteiger partial charge in [0.25, 0.3) is 0 Å². The van der Waals surface area contributed by atoms with E-state index >= 15 is 4.39 Å².